The van der Waals surface area contributed by atoms with E-state index in [1.165, 1.54) is 0 Å². The Bertz CT molecular complexity index is 813. The molecule has 0 bridgehead atoms. The van der Waals surface area contributed by atoms with E-state index in [0.717, 1.165) is 60.1 Å². The van der Waals surface area contributed by atoms with Crippen molar-refractivity contribution in [2.45, 2.75) is 32.2 Å². The first-order chi connectivity index (χ1) is 11.3. The van der Waals surface area contributed by atoms with Crippen LogP contribution >= 0.6 is 0 Å². The molecular formula is C14H19N9. The Balaban J connectivity index is 1.52. The van der Waals surface area contributed by atoms with Gasteiger partial charge in [-0.15, -0.1) is 0 Å². The van der Waals surface area contributed by atoms with Crippen molar-refractivity contribution in [3.63, 3.8) is 0 Å². The highest BCUT2D eigenvalue weighted by Gasteiger charge is 2.26. The van der Waals surface area contributed by atoms with Crippen molar-refractivity contribution in [2.24, 2.45) is 5.73 Å². The van der Waals surface area contributed by atoms with Crippen LogP contribution in [0.15, 0.2) is 6.33 Å². The maximum absolute atomic E-state index is 5.58. The minimum absolute atomic E-state index is 0.362. The summed E-state index contributed by atoms with van der Waals surface area (Å²) in [6.45, 7) is 4.16. The zero-order chi connectivity index (χ0) is 15.8. The van der Waals surface area contributed by atoms with Crippen LogP contribution in [0.1, 0.15) is 36.1 Å². The molecule has 1 aliphatic rings. The fraction of sp³-hybridized carbons (Fsp3) is 0.500. The lowest BCUT2D eigenvalue weighted by Gasteiger charge is -2.31. The highest BCUT2D eigenvalue weighted by atomic mass is 15.3. The number of nitrogens with zero attached hydrogens (tertiary/aromatic N) is 6. The van der Waals surface area contributed by atoms with E-state index in [1.54, 1.807) is 6.33 Å². The average molecular weight is 313 g/mol. The number of rotatable bonds is 3. The van der Waals surface area contributed by atoms with E-state index >= 15 is 0 Å². The Morgan fingerprint density at radius 3 is 2.74 bits per heavy atom. The lowest BCUT2D eigenvalue weighted by Crippen LogP contribution is -2.34. The van der Waals surface area contributed by atoms with E-state index in [0.29, 0.717) is 12.5 Å². The lowest BCUT2D eigenvalue weighted by molar-refractivity contribution is 0.485. The molecule has 0 atom stereocenters. The first-order valence-electron chi connectivity index (χ1n) is 7.78. The van der Waals surface area contributed by atoms with E-state index in [1.807, 2.05) is 6.92 Å². The highest BCUT2D eigenvalue weighted by molar-refractivity contribution is 5.86. The average Bonchev–Trinajstić information content (AvgIpc) is 3.22. The number of hydrogen-bond acceptors (Lipinski definition) is 7. The van der Waals surface area contributed by atoms with Crippen LogP contribution in [0.5, 0.6) is 0 Å². The minimum Gasteiger partial charge on any atom is -0.355 e. The van der Waals surface area contributed by atoms with Crippen molar-refractivity contribution in [3.8, 4) is 0 Å². The van der Waals surface area contributed by atoms with Crippen molar-refractivity contribution in [2.75, 3.05) is 18.0 Å². The van der Waals surface area contributed by atoms with Crippen LogP contribution in [0, 0.1) is 6.92 Å². The molecule has 3 aromatic heterocycles. The Hall–Kier alpha value is -2.55. The number of aromatic amines is 2. The third kappa shape index (κ3) is 2.42. The van der Waals surface area contributed by atoms with Gasteiger partial charge in [0.1, 0.15) is 17.7 Å². The molecule has 0 aromatic carbocycles. The monoisotopic (exact) mass is 313 g/mol. The van der Waals surface area contributed by atoms with Crippen LogP contribution in [-0.4, -0.2) is 48.4 Å². The maximum Gasteiger partial charge on any atom is 0.160 e. The topological polar surface area (TPSA) is 125 Å². The number of H-pyrrole nitrogens is 2. The van der Waals surface area contributed by atoms with Crippen molar-refractivity contribution in [1.29, 1.82) is 0 Å². The van der Waals surface area contributed by atoms with Gasteiger partial charge in [0.25, 0.3) is 0 Å². The second-order valence-corrected chi connectivity index (χ2v) is 5.85. The third-order valence-corrected chi connectivity index (χ3v) is 4.40. The lowest BCUT2D eigenvalue weighted by atomic mass is 9.96. The third-order valence-electron chi connectivity index (χ3n) is 4.40. The first-order valence-corrected chi connectivity index (χ1v) is 7.78. The molecular weight excluding hydrogens is 294 g/mol. The van der Waals surface area contributed by atoms with Gasteiger partial charge in [0.15, 0.2) is 17.2 Å². The molecule has 4 rings (SSSR count). The van der Waals surface area contributed by atoms with E-state index in [-0.39, 0.29) is 0 Å². The Morgan fingerprint density at radius 1 is 1.17 bits per heavy atom. The van der Waals surface area contributed by atoms with Crippen LogP contribution in [0.25, 0.3) is 11.0 Å². The summed E-state index contributed by atoms with van der Waals surface area (Å²) in [6, 6.07) is 0. The molecule has 0 amide bonds. The SMILES string of the molecule is Cc1[nH]nc2c(N3CCC(c4n[nH]c(CN)n4)CC3)ncnc12. The van der Waals surface area contributed by atoms with Crippen molar-refractivity contribution in [3.05, 3.63) is 23.7 Å². The zero-order valence-electron chi connectivity index (χ0n) is 13.0. The van der Waals surface area contributed by atoms with Gasteiger partial charge in [0.05, 0.1) is 12.2 Å². The second kappa shape index (κ2) is 5.58. The predicted molar refractivity (Wildman–Crippen MR) is 84.9 cm³/mol. The maximum atomic E-state index is 5.58. The molecule has 9 nitrogen and oxygen atoms in total. The number of piperidine rings is 1. The van der Waals surface area contributed by atoms with E-state index < -0.39 is 0 Å². The molecule has 9 heteroatoms. The second-order valence-electron chi connectivity index (χ2n) is 5.85. The standard InChI is InChI=1S/C14H19N9/c1-8-11-12(21-19-8)14(17-7-16-11)23-4-2-9(3-5-23)13-18-10(6-15)20-22-13/h7,9H,2-6,15H2,1H3,(H,19,21)(H,18,20,22). The van der Waals surface area contributed by atoms with Crippen LogP contribution in [0.4, 0.5) is 5.82 Å². The molecule has 120 valence electrons. The van der Waals surface area contributed by atoms with Gasteiger partial charge in [-0.1, -0.05) is 0 Å². The van der Waals surface area contributed by atoms with Crippen LogP contribution < -0.4 is 10.6 Å². The molecule has 0 spiro atoms. The molecule has 1 saturated heterocycles. The quantitative estimate of drug-likeness (QED) is 0.647. The summed E-state index contributed by atoms with van der Waals surface area (Å²) < 4.78 is 0. The smallest absolute Gasteiger partial charge is 0.160 e. The predicted octanol–water partition coefficient (Wildman–Crippen LogP) is 0.622. The number of fused-ring (bicyclic) bond motifs is 1. The zero-order valence-corrected chi connectivity index (χ0v) is 13.0. The summed E-state index contributed by atoms with van der Waals surface area (Å²) in [7, 11) is 0. The van der Waals surface area contributed by atoms with Crippen molar-refractivity contribution >= 4 is 16.9 Å². The molecule has 4 heterocycles. The number of nitrogens with one attached hydrogen (secondary N) is 2. The number of hydrogen-bond donors (Lipinski definition) is 3. The Morgan fingerprint density at radius 2 is 2.00 bits per heavy atom. The van der Waals surface area contributed by atoms with Crippen LogP contribution in [0.2, 0.25) is 0 Å². The van der Waals surface area contributed by atoms with E-state index in [2.05, 4.69) is 40.2 Å². The van der Waals surface area contributed by atoms with Gasteiger partial charge in [0, 0.05) is 19.0 Å². The van der Waals surface area contributed by atoms with Gasteiger partial charge < -0.3 is 10.6 Å². The molecule has 4 N–H and O–H groups in total. The molecule has 23 heavy (non-hydrogen) atoms. The molecule has 1 fully saturated rings. The van der Waals surface area contributed by atoms with Gasteiger partial charge in [-0.2, -0.15) is 10.2 Å². The largest absolute Gasteiger partial charge is 0.355 e. The molecule has 0 aliphatic carbocycles. The van der Waals surface area contributed by atoms with Gasteiger partial charge >= 0.3 is 0 Å². The van der Waals surface area contributed by atoms with E-state index in [4.69, 9.17) is 5.73 Å². The van der Waals surface area contributed by atoms with Gasteiger partial charge in [-0.25, -0.2) is 15.0 Å². The van der Waals surface area contributed by atoms with Crippen molar-refractivity contribution in [1.82, 2.24) is 35.3 Å². The minimum atomic E-state index is 0.362. The van der Waals surface area contributed by atoms with Gasteiger partial charge in [-0.3, -0.25) is 10.2 Å². The van der Waals surface area contributed by atoms with Crippen LogP contribution in [-0.2, 0) is 6.54 Å². The van der Waals surface area contributed by atoms with Crippen molar-refractivity contribution < 1.29 is 0 Å². The summed E-state index contributed by atoms with van der Waals surface area (Å²) in [5.74, 6) is 2.87. The summed E-state index contributed by atoms with van der Waals surface area (Å²) in [4.78, 5) is 15.5. The summed E-state index contributed by atoms with van der Waals surface area (Å²) in [5, 5.41) is 14.5. The molecule has 0 radical (unpaired) electrons. The Kier molecular flexibility index (Phi) is 3.41. The van der Waals surface area contributed by atoms with Gasteiger partial charge in [0.2, 0.25) is 0 Å². The first kappa shape index (κ1) is 14.1. The fourth-order valence-corrected chi connectivity index (χ4v) is 3.10. The van der Waals surface area contributed by atoms with Gasteiger partial charge in [-0.05, 0) is 19.8 Å². The normalized spacial score (nSPS) is 16.3. The fourth-order valence-electron chi connectivity index (χ4n) is 3.10. The van der Waals surface area contributed by atoms with Crippen LogP contribution in [0.3, 0.4) is 0 Å². The molecule has 0 saturated carbocycles. The molecule has 0 unspecified atom stereocenters. The summed E-state index contributed by atoms with van der Waals surface area (Å²) in [6.07, 6.45) is 3.57. The number of aryl methyl sites for hydroxylation is 1. The summed E-state index contributed by atoms with van der Waals surface area (Å²) >= 11 is 0. The summed E-state index contributed by atoms with van der Waals surface area (Å²) in [5.41, 5.74) is 8.27. The molecule has 3 aromatic rings. The highest BCUT2D eigenvalue weighted by Crippen LogP contribution is 2.30. The van der Waals surface area contributed by atoms with E-state index in [9.17, 15) is 0 Å². The number of anilines is 1. The molecule has 1 aliphatic heterocycles. The number of nitrogens with two attached hydrogens (primary N) is 1. The Labute approximate surface area is 132 Å². The number of aromatic nitrogens is 7.